The highest BCUT2D eigenvalue weighted by atomic mass is 35.5. The molecule has 0 bridgehead atoms. The number of benzene rings is 2. The molecule has 0 saturated heterocycles. The molecule has 0 aliphatic carbocycles. The van der Waals surface area contributed by atoms with Crippen molar-refractivity contribution in [2.24, 2.45) is 0 Å². The first-order valence-electron chi connectivity index (χ1n) is 9.14. The smallest absolute Gasteiger partial charge is 0.276 e. The summed E-state index contributed by atoms with van der Waals surface area (Å²) in [6, 6.07) is 12.1. The van der Waals surface area contributed by atoms with Gasteiger partial charge in [0.2, 0.25) is 0 Å². The van der Waals surface area contributed by atoms with Crippen LogP contribution in [0, 0.1) is 5.82 Å². The Labute approximate surface area is 176 Å². The van der Waals surface area contributed by atoms with Crippen LogP contribution in [0.3, 0.4) is 0 Å². The van der Waals surface area contributed by atoms with Crippen molar-refractivity contribution in [1.29, 1.82) is 0 Å². The van der Waals surface area contributed by atoms with E-state index in [1.807, 2.05) is 6.92 Å². The molecule has 2 aromatic carbocycles. The Morgan fingerprint density at radius 2 is 1.80 bits per heavy atom. The Balaban J connectivity index is 1.91. The topological polar surface area (TPSA) is 93.1 Å². The van der Waals surface area contributed by atoms with Gasteiger partial charge in [-0.3, -0.25) is 14.4 Å². The first kappa shape index (κ1) is 21.2. The first-order valence-corrected chi connectivity index (χ1v) is 9.52. The van der Waals surface area contributed by atoms with Gasteiger partial charge in [-0.1, -0.05) is 18.5 Å². The monoisotopic (exact) mass is 428 g/mol. The number of hydrogen-bond donors (Lipinski definition) is 2. The van der Waals surface area contributed by atoms with Crippen molar-refractivity contribution < 1.29 is 14.0 Å². The third kappa shape index (κ3) is 4.90. The quantitative estimate of drug-likeness (QED) is 0.629. The molecule has 0 aliphatic rings. The van der Waals surface area contributed by atoms with Crippen LogP contribution >= 0.6 is 11.6 Å². The van der Waals surface area contributed by atoms with E-state index in [2.05, 4.69) is 15.7 Å². The van der Waals surface area contributed by atoms with E-state index in [-0.39, 0.29) is 22.9 Å². The van der Waals surface area contributed by atoms with Gasteiger partial charge in [-0.05, 0) is 55.0 Å². The van der Waals surface area contributed by atoms with E-state index in [1.165, 1.54) is 48.5 Å². The Hall–Kier alpha value is -3.52. The van der Waals surface area contributed by atoms with E-state index < -0.39 is 17.3 Å². The molecule has 154 valence electrons. The average Bonchev–Trinajstić information content (AvgIpc) is 2.73. The molecular formula is C21H18ClFN4O3. The molecule has 9 heteroatoms. The number of carbonyl (C=O) groups is 2. The van der Waals surface area contributed by atoms with Gasteiger partial charge in [-0.2, -0.15) is 9.78 Å². The number of anilines is 1. The molecule has 2 N–H and O–H groups in total. The van der Waals surface area contributed by atoms with Gasteiger partial charge in [0.15, 0.2) is 0 Å². The predicted molar refractivity (Wildman–Crippen MR) is 112 cm³/mol. The van der Waals surface area contributed by atoms with Gasteiger partial charge in [0.05, 0.1) is 16.9 Å². The summed E-state index contributed by atoms with van der Waals surface area (Å²) in [6.07, 6.45) is 0.760. The van der Waals surface area contributed by atoms with Crippen molar-refractivity contribution in [1.82, 2.24) is 15.1 Å². The highest BCUT2D eigenvalue weighted by molar-refractivity contribution is 6.31. The molecule has 0 spiro atoms. The van der Waals surface area contributed by atoms with E-state index in [9.17, 15) is 18.8 Å². The lowest BCUT2D eigenvalue weighted by molar-refractivity contribution is 0.0954. The van der Waals surface area contributed by atoms with E-state index in [1.54, 1.807) is 6.07 Å². The molecule has 0 atom stereocenters. The fraction of sp³-hybridized carbons (Fsp3) is 0.143. The van der Waals surface area contributed by atoms with Crippen LogP contribution in [-0.2, 0) is 0 Å². The molecule has 1 aromatic heterocycles. The molecule has 7 nitrogen and oxygen atoms in total. The molecule has 0 saturated carbocycles. The number of hydrogen-bond acceptors (Lipinski definition) is 4. The van der Waals surface area contributed by atoms with E-state index >= 15 is 0 Å². The minimum Gasteiger partial charge on any atom is -0.352 e. The SMILES string of the molecule is CCCNC(=O)c1ccc(Cl)cc1NC(=O)c1ccc(=O)n(-c2ccc(F)cc2)n1. The highest BCUT2D eigenvalue weighted by Crippen LogP contribution is 2.22. The molecule has 0 aliphatic heterocycles. The second-order valence-electron chi connectivity index (χ2n) is 6.34. The number of rotatable bonds is 6. The van der Waals surface area contributed by atoms with Crippen LogP contribution in [0.5, 0.6) is 0 Å². The Morgan fingerprint density at radius 3 is 2.50 bits per heavy atom. The maximum atomic E-state index is 13.2. The van der Waals surface area contributed by atoms with Gasteiger partial charge in [0, 0.05) is 17.6 Å². The molecule has 2 amide bonds. The van der Waals surface area contributed by atoms with Crippen molar-refractivity contribution in [3.05, 3.63) is 87.0 Å². The van der Waals surface area contributed by atoms with Crippen molar-refractivity contribution in [2.45, 2.75) is 13.3 Å². The lowest BCUT2D eigenvalue weighted by atomic mass is 10.1. The van der Waals surface area contributed by atoms with Crippen LogP contribution < -0.4 is 16.2 Å². The highest BCUT2D eigenvalue weighted by Gasteiger charge is 2.17. The van der Waals surface area contributed by atoms with Gasteiger partial charge in [-0.25, -0.2) is 4.39 Å². The fourth-order valence-corrected chi connectivity index (χ4v) is 2.81. The van der Waals surface area contributed by atoms with Gasteiger partial charge >= 0.3 is 0 Å². The number of nitrogens with zero attached hydrogens (tertiary/aromatic N) is 2. The Morgan fingerprint density at radius 1 is 1.07 bits per heavy atom. The average molecular weight is 429 g/mol. The third-order valence-electron chi connectivity index (χ3n) is 4.11. The van der Waals surface area contributed by atoms with Gasteiger partial charge < -0.3 is 10.6 Å². The third-order valence-corrected chi connectivity index (χ3v) is 4.35. The van der Waals surface area contributed by atoms with Crippen molar-refractivity contribution >= 4 is 29.1 Å². The van der Waals surface area contributed by atoms with E-state index in [4.69, 9.17) is 11.6 Å². The number of nitrogens with one attached hydrogen (secondary N) is 2. The summed E-state index contributed by atoms with van der Waals surface area (Å²) in [4.78, 5) is 37.2. The van der Waals surface area contributed by atoms with Gasteiger partial charge in [-0.15, -0.1) is 0 Å². The lowest BCUT2D eigenvalue weighted by Crippen LogP contribution is -2.27. The van der Waals surface area contributed by atoms with Crippen LogP contribution in [0.25, 0.3) is 5.69 Å². The largest absolute Gasteiger partial charge is 0.352 e. The van der Waals surface area contributed by atoms with Gasteiger partial charge in [0.25, 0.3) is 17.4 Å². The van der Waals surface area contributed by atoms with Crippen LogP contribution in [0.2, 0.25) is 5.02 Å². The summed E-state index contributed by atoms with van der Waals surface area (Å²) in [5.41, 5.74) is 0.202. The summed E-state index contributed by atoms with van der Waals surface area (Å²) >= 11 is 6.02. The Bertz CT molecular complexity index is 1150. The molecule has 0 unspecified atom stereocenters. The molecule has 1 heterocycles. The minimum atomic E-state index is -0.641. The molecule has 3 rings (SSSR count). The van der Waals surface area contributed by atoms with Crippen LogP contribution in [-0.4, -0.2) is 28.1 Å². The van der Waals surface area contributed by atoms with Crippen molar-refractivity contribution in [3.63, 3.8) is 0 Å². The predicted octanol–water partition coefficient (Wildman–Crippen LogP) is 3.42. The van der Waals surface area contributed by atoms with Crippen LogP contribution in [0.4, 0.5) is 10.1 Å². The summed E-state index contributed by atoms with van der Waals surface area (Å²) in [6.45, 7) is 2.41. The summed E-state index contributed by atoms with van der Waals surface area (Å²) in [5.74, 6) is -1.46. The molecule has 30 heavy (non-hydrogen) atoms. The normalized spacial score (nSPS) is 10.5. The summed E-state index contributed by atoms with van der Waals surface area (Å²) in [5, 5.41) is 9.74. The molecule has 0 radical (unpaired) electrons. The number of amides is 2. The fourth-order valence-electron chi connectivity index (χ4n) is 2.64. The zero-order chi connectivity index (χ0) is 21.7. The summed E-state index contributed by atoms with van der Waals surface area (Å²) < 4.78 is 14.1. The van der Waals surface area contributed by atoms with Crippen LogP contribution in [0.1, 0.15) is 34.2 Å². The molecular weight excluding hydrogens is 411 g/mol. The van der Waals surface area contributed by atoms with E-state index in [0.29, 0.717) is 17.3 Å². The lowest BCUT2D eigenvalue weighted by Gasteiger charge is -2.12. The number of aromatic nitrogens is 2. The second kappa shape index (κ2) is 9.32. The summed E-state index contributed by atoms with van der Waals surface area (Å²) in [7, 11) is 0. The van der Waals surface area contributed by atoms with E-state index in [0.717, 1.165) is 11.1 Å². The van der Waals surface area contributed by atoms with Crippen molar-refractivity contribution in [2.75, 3.05) is 11.9 Å². The first-order chi connectivity index (χ1) is 14.4. The Kier molecular flexibility index (Phi) is 6.58. The maximum Gasteiger partial charge on any atom is 0.276 e. The zero-order valence-electron chi connectivity index (χ0n) is 16.0. The van der Waals surface area contributed by atoms with Crippen LogP contribution in [0.15, 0.2) is 59.4 Å². The van der Waals surface area contributed by atoms with Crippen molar-refractivity contribution in [3.8, 4) is 5.69 Å². The molecule has 3 aromatic rings. The zero-order valence-corrected chi connectivity index (χ0v) is 16.7. The molecule has 0 fully saturated rings. The number of halogens is 2. The maximum absolute atomic E-state index is 13.2. The van der Waals surface area contributed by atoms with Gasteiger partial charge in [0.1, 0.15) is 11.5 Å². The minimum absolute atomic E-state index is 0.0705. The second-order valence-corrected chi connectivity index (χ2v) is 6.78. The number of carbonyl (C=O) groups excluding carboxylic acids is 2. The standard InChI is InChI=1S/C21H18ClFN4O3/c1-2-11-24-20(29)16-8-3-13(22)12-18(16)25-21(30)17-9-10-19(28)27(26-17)15-6-4-14(23)5-7-15/h3-10,12H,2,11H2,1H3,(H,24,29)(H,25,30).